The van der Waals surface area contributed by atoms with Crippen LogP contribution in [-0.2, 0) is 4.79 Å². The fourth-order valence-corrected chi connectivity index (χ4v) is 5.52. The Morgan fingerprint density at radius 2 is 2.05 bits per heavy atom. The van der Waals surface area contributed by atoms with Crippen LogP contribution in [0.3, 0.4) is 0 Å². The van der Waals surface area contributed by atoms with E-state index < -0.39 is 0 Å². The van der Waals surface area contributed by atoms with E-state index >= 15 is 0 Å². The van der Waals surface area contributed by atoms with Crippen LogP contribution in [0.2, 0.25) is 0 Å². The summed E-state index contributed by atoms with van der Waals surface area (Å²) in [5.74, 6) is 4.41. The summed E-state index contributed by atoms with van der Waals surface area (Å²) in [7, 11) is 0. The molecule has 0 saturated carbocycles. The van der Waals surface area contributed by atoms with E-state index in [-0.39, 0.29) is 11.2 Å². The van der Waals surface area contributed by atoms with Crippen LogP contribution >= 0.6 is 23.5 Å². The highest BCUT2D eigenvalue weighted by molar-refractivity contribution is 8.07. The third-order valence-electron chi connectivity index (χ3n) is 4.30. The molecule has 0 aliphatic carbocycles. The summed E-state index contributed by atoms with van der Waals surface area (Å²) in [4.78, 5) is 14.8. The molecule has 5 heteroatoms. The molecule has 0 aromatic carbocycles. The van der Waals surface area contributed by atoms with E-state index in [0.717, 1.165) is 43.4 Å². The number of amides is 1. The van der Waals surface area contributed by atoms with Gasteiger partial charge in [-0.05, 0) is 38.1 Å². The minimum atomic E-state index is 0.188. The fourth-order valence-electron chi connectivity index (χ4n) is 2.96. The summed E-state index contributed by atoms with van der Waals surface area (Å²) in [5.41, 5.74) is 0. The standard InChI is InChI=1S/C16H30N2OS2/c1-13(2)4-3-7-18-8-5-14(6-9-18)17-16(19)15-12-20-10-11-21-15/h13-15H,3-12H2,1-2H3,(H,17,19). The van der Waals surface area contributed by atoms with Crippen LogP contribution in [0.1, 0.15) is 39.5 Å². The van der Waals surface area contributed by atoms with Crippen molar-refractivity contribution in [3.05, 3.63) is 0 Å². The Hall–Kier alpha value is 0.130. The maximum Gasteiger partial charge on any atom is 0.234 e. The summed E-state index contributed by atoms with van der Waals surface area (Å²) in [6, 6.07) is 0.409. The molecule has 2 aliphatic heterocycles. The van der Waals surface area contributed by atoms with E-state index in [9.17, 15) is 4.79 Å². The summed E-state index contributed by atoms with van der Waals surface area (Å²) < 4.78 is 0. The van der Waals surface area contributed by atoms with Crippen molar-refractivity contribution in [2.24, 2.45) is 5.92 Å². The van der Waals surface area contributed by atoms with Gasteiger partial charge in [0.1, 0.15) is 0 Å². The molecule has 0 aromatic heterocycles. The number of piperidine rings is 1. The Balaban J connectivity index is 1.61. The SMILES string of the molecule is CC(C)CCCN1CCC(NC(=O)C2CSCCS2)CC1. The lowest BCUT2D eigenvalue weighted by Crippen LogP contribution is -2.48. The van der Waals surface area contributed by atoms with Crippen molar-refractivity contribution in [2.45, 2.75) is 50.8 Å². The van der Waals surface area contributed by atoms with E-state index in [0.29, 0.717) is 6.04 Å². The summed E-state index contributed by atoms with van der Waals surface area (Å²) in [6.07, 6.45) is 4.88. The Morgan fingerprint density at radius 3 is 2.67 bits per heavy atom. The second-order valence-corrected chi connectivity index (χ2v) is 9.06. The molecule has 2 fully saturated rings. The highest BCUT2D eigenvalue weighted by Gasteiger charge is 2.26. The molecule has 3 nitrogen and oxygen atoms in total. The van der Waals surface area contributed by atoms with Gasteiger partial charge in [0.15, 0.2) is 0 Å². The molecule has 1 atom stereocenters. The van der Waals surface area contributed by atoms with Gasteiger partial charge >= 0.3 is 0 Å². The number of thioether (sulfide) groups is 2. The minimum Gasteiger partial charge on any atom is -0.352 e. The molecular weight excluding hydrogens is 300 g/mol. The second-order valence-electron chi connectivity index (χ2n) is 6.59. The number of carbonyl (C=O) groups excluding carboxylic acids is 1. The van der Waals surface area contributed by atoms with Gasteiger partial charge in [0.05, 0.1) is 5.25 Å². The molecule has 0 spiro atoms. The van der Waals surface area contributed by atoms with E-state index in [4.69, 9.17) is 0 Å². The predicted molar refractivity (Wildman–Crippen MR) is 95.2 cm³/mol. The highest BCUT2D eigenvalue weighted by Crippen LogP contribution is 2.24. The molecule has 2 saturated heterocycles. The summed E-state index contributed by atoms with van der Waals surface area (Å²) in [5, 5.41) is 3.47. The molecule has 0 bridgehead atoms. The first-order valence-corrected chi connectivity index (χ1v) is 10.6. The molecule has 0 radical (unpaired) electrons. The van der Waals surface area contributed by atoms with Gasteiger partial charge in [-0.3, -0.25) is 4.79 Å². The van der Waals surface area contributed by atoms with Crippen molar-refractivity contribution in [1.29, 1.82) is 0 Å². The van der Waals surface area contributed by atoms with Gasteiger partial charge in [-0.2, -0.15) is 11.8 Å². The van der Waals surface area contributed by atoms with Crippen LogP contribution in [0.25, 0.3) is 0 Å². The molecule has 21 heavy (non-hydrogen) atoms. The average molecular weight is 331 g/mol. The third kappa shape index (κ3) is 6.41. The Bertz CT molecular complexity index is 311. The lowest BCUT2D eigenvalue weighted by Gasteiger charge is -2.33. The highest BCUT2D eigenvalue weighted by atomic mass is 32.2. The zero-order chi connectivity index (χ0) is 15.1. The van der Waals surface area contributed by atoms with Gasteiger partial charge < -0.3 is 10.2 Å². The molecule has 1 unspecified atom stereocenters. The van der Waals surface area contributed by atoms with Crippen LogP contribution in [0.5, 0.6) is 0 Å². The van der Waals surface area contributed by atoms with E-state index in [1.165, 1.54) is 25.1 Å². The minimum absolute atomic E-state index is 0.188. The first-order chi connectivity index (χ1) is 10.1. The van der Waals surface area contributed by atoms with Crippen molar-refractivity contribution < 1.29 is 4.79 Å². The lowest BCUT2D eigenvalue weighted by molar-refractivity contribution is -0.121. The van der Waals surface area contributed by atoms with E-state index in [1.54, 1.807) is 0 Å². The summed E-state index contributed by atoms with van der Waals surface area (Å²) in [6.45, 7) is 8.12. The second kappa shape index (κ2) is 9.31. The molecule has 1 amide bonds. The topological polar surface area (TPSA) is 32.3 Å². The summed E-state index contributed by atoms with van der Waals surface area (Å²) >= 11 is 3.75. The van der Waals surface area contributed by atoms with Crippen LogP contribution < -0.4 is 5.32 Å². The average Bonchev–Trinajstić information content (AvgIpc) is 2.49. The van der Waals surface area contributed by atoms with Crippen molar-refractivity contribution in [1.82, 2.24) is 10.2 Å². The van der Waals surface area contributed by atoms with Crippen molar-refractivity contribution in [3.63, 3.8) is 0 Å². The molecule has 1 N–H and O–H groups in total. The predicted octanol–water partition coefficient (Wildman–Crippen LogP) is 2.85. The third-order valence-corrected chi connectivity index (χ3v) is 7.05. The smallest absolute Gasteiger partial charge is 0.234 e. The van der Waals surface area contributed by atoms with Crippen LogP contribution in [-0.4, -0.2) is 59.0 Å². The number of nitrogens with one attached hydrogen (secondary N) is 1. The fraction of sp³-hybridized carbons (Fsp3) is 0.938. The maximum absolute atomic E-state index is 12.2. The first-order valence-electron chi connectivity index (χ1n) is 8.37. The van der Waals surface area contributed by atoms with Gasteiger partial charge in [-0.1, -0.05) is 13.8 Å². The van der Waals surface area contributed by atoms with Gasteiger partial charge in [0.25, 0.3) is 0 Å². The van der Waals surface area contributed by atoms with Crippen molar-refractivity contribution >= 4 is 29.4 Å². The molecule has 0 aromatic rings. The van der Waals surface area contributed by atoms with E-state index in [1.807, 2.05) is 23.5 Å². The van der Waals surface area contributed by atoms with Crippen LogP contribution in [0.4, 0.5) is 0 Å². The lowest BCUT2D eigenvalue weighted by atomic mass is 10.0. The largest absolute Gasteiger partial charge is 0.352 e. The molecular formula is C16H30N2OS2. The quantitative estimate of drug-likeness (QED) is 0.812. The Labute approximate surface area is 138 Å². The van der Waals surface area contributed by atoms with Gasteiger partial charge in [0, 0.05) is 36.4 Å². The van der Waals surface area contributed by atoms with Gasteiger partial charge in [-0.15, -0.1) is 11.8 Å². The first kappa shape index (κ1) is 17.5. The van der Waals surface area contributed by atoms with Crippen LogP contribution in [0.15, 0.2) is 0 Å². The van der Waals surface area contributed by atoms with Gasteiger partial charge in [0.2, 0.25) is 5.91 Å². The van der Waals surface area contributed by atoms with Crippen molar-refractivity contribution in [2.75, 3.05) is 36.9 Å². The number of likely N-dealkylation sites (tertiary alicyclic amines) is 1. The molecule has 2 rings (SSSR count). The normalized spacial score (nSPS) is 25.2. The Kier molecular flexibility index (Phi) is 7.75. The van der Waals surface area contributed by atoms with Crippen LogP contribution in [0, 0.1) is 5.92 Å². The molecule has 2 aliphatic rings. The molecule has 2 heterocycles. The van der Waals surface area contributed by atoms with Crippen molar-refractivity contribution in [3.8, 4) is 0 Å². The maximum atomic E-state index is 12.2. The zero-order valence-electron chi connectivity index (χ0n) is 13.5. The number of rotatable bonds is 6. The number of carbonyl (C=O) groups is 1. The Morgan fingerprint density at radius 1 is 1.29 bits per heavy atom. The molecule has 122 valence electrons. The number of nitrogens with zero attached hydrogens (tertiary/aromatic N) is 1. The zero-order valence-corrected chi connectivity index (χ0v) is 15.1. The monoisotopic (exact) mass is 330 g/mol. The number of hydrogen-bond acceptors (Lipinski definition) is 4. The number of hydrogen-bond donors (Lipinski definition) is 1. The van der Waals surface area contributed by atoms with Gasteiger partial charge in [-0.25, -0.2) is 0 Å². The van der Waals surface area contributed by atoms with E-state index in [2.05, 4.69) is 24.1 Å².